The molecule has 0 bridgehead atoms. The van der Waals surface area contributed by atoms with E-state index in [1.807, 2.05) is 43.3 Å². The molecule has 1 aliphatic rings. The summed E-state index contributed by atoms with van der Waals surface area (Å²) in [5.74, 6) is 2.67. The molecule has 0 radical (unpaired) electrons. The predicted octanol–water partition coefficient (Wildman–Crippen LogP) is 3.92. The van der Waals surface area contributed by atoms with Gasteiger partial charge < -0.3 is 14.5 Å². The molecule has 1 saturated heterocycles. The van der Waals surface area contributed by atoms with Crippen LogP contribution < -0.4 is 9.64 Å². The molecule has 0 spiro atoms. The molecule has 0 amide bonds. The van der Waals surface area contributed by atoms with E-state index >= 15 is 0 Å². The summed E-state index contributed by atoms with van der Waals surface area (Å²) in [4.78, 5) is 7.29. The molecule has 0 unspecified atom stereocenters. The Morgan fingerprint density at radius 2 is 2.00 bits per heavy atom. The van der Waals surface area contributed by atoms with Crippen LogP contribution in [0.5, 0.6) is 5.75 Å². The Labute approximate surface area is 161 Å². The van der Waals surface area contributed by atoms with Crippen LogP contribution in [0.15, 0.2) is 47.8 Å². The van der Waals surface area contributed by atoms with E-state index in [4.69, 9.17) is 9.57 Å². The smallest absolute Gasteiger partial charge is 0.151 e. The molecule has 144 valence electrons. The van der Waals surface area contributed by atoms with Crippen LogP contribution in [0.25, 0.3) is 0 Å². The number of aromatic nitrogens is 2. The Balaban J connectivity index is 1.32. The molecule has 2 heterocycles. The molecule has 1 aromatic carbocycles. The summed E-state index contributed by atoms with van der Waals surface area (Å²) < 4.78 is 5.86. The molecule has 0 N–H and O–H groups in total. The van der Waals surface area contributed by atoms with E-state index in [2.05, 4.69) is 20.3 Å². The first-order chi connectivity index (χ1) is 13.3. The third kappa shape index (κ3) is 6.24. The van der Waals surface area contributed by atoms with Crippen LogP contribution in [0.1, 0.15) is 38.2 Å². The summed E-state index contributed by atoms with van der Waals surface area (Å²) in [6.07, 6.45) is 8.16. The van der Waals surface area contributed by atoms with E-state index in [0.29, 0.717) is 6.61 Å². The van der Waals surface area contributed by atoms with Gasteiger partial charge in [0.25, 0.3) is 0 Å². The van der Waals surface area contributed by atoms with Crippen LogP contribution >= 0.6 is 0 Å². The molecular weight excluding hydrogens is 340 g/mol. The third-order valence-corrected chi connectivity index (χ3v) is 4.81. The topological polar surface area (TPSA) is 59.8 Å². The molecule has 6 heteroatoms. The van der Waals surface area contributed by atoms with Crippen molar-refractivity contribution in [3.8, 4) is 5.75 Å². The zero-order valence-corrected chi connectivity index (χ0v) is 16.0. The van der Waals surface area contributed by atoms with Crippen molar-refractivity contribution < 1.29 is 9.57 Å². The van der Waals surface area contributed by atoms with Gasteiger partial charge in [0, 0.05) is 19.3 Å². The lowest BCUT2D eigenvalue weighted by Gasteiger charge is -2.32. The van der Waals surface area contributed by atoms with Gasteiger partial charge in [-0.15, -0.1) is 5.10 Å². The Morgan fingerprint density at radius 1 is 1.19 bits per heavy atom. The molecule has 1 aliphatic heterocycles. The zero-order chi connectivity index (χ0) is 18.7. The number of oxime groups is 1. The summed E-state index contributed by atoms with van der Waals surface area (Å²) in [7, 11) is 0. The second-order valence-corrected chi connectivity index (χ2v) is 6.72. The lowest BCUT2D eigenvalue weighted by molar-refractivity contribution is 0.160. The molecular formula is C21H28N4O2. The molecule has 2 aromatic rings. The lowest BCUT2D eigenvalue weighted by atomic mass is 9.92. The van der Waals surface area contributed by atoms with E-state index in [1.54, 1.807) is 12.4 Å². The van der Waals surface area contributed by atoms with Crippen LogP contribution in [0.3, 0.4) is 0 Å². The average Bonchev–Trinajstić information content (AvgIpc) is 2.73. The van der Waals surface area contributed by atoms with Crippen molar-refractivity contribution in [3.05, 3.63) is 48.2 Å². The Morgan fingerprint density at radius 3 is 2.70 bits per heavy atom. The fourth-order valence-corrected chi connectivity index (χ4v) is 3.30. The van der Waals surface area contributed by atoms with Gasteiger partial charge in [-0.2, -0.15) is 5.10 Å². The largest absolute Gasteiger partial charge is 0.494 e. The maximum Gasteiger partial charge on any atom is 0.151 e. The number of ether oxygens (including phenoxy) is 1. The van der Waals surface area contributed by atoms with Gasteiger partial charge in [0.1, 0.15) is 12.4 Å². The fraction of sp³-hybridized carbons (Fsp3) is 0.476. The highest BCUT2D eigenvalue weighted by molar-refractivity contribution is 5.79. The minimum Gasteiger partial charge on any atom is -0.494 e. The normalized spacial score (nSPS) is 15.2. The summed E-state index contributed by atoms with van der Waals surface area (Å²) in [5.41, 5.74) is 1.01. The van der Waals surface area contributed by atoms with Gasteiger partial charge >= 0.3 is 0 Å². The van der Waals surface area contributed by atoms with Crippen molar-refractivity contribution in [2.24, 2.45) is 11.1 Å². The SMILES string of the molecule is CCON=Cc1ccc(OCCCC2CCN(c3cccnn3)CC2)cc1. The summed E-state index contributed by atoms with van der Waals surface area (Å²) in [6.45, 7) is 5.38. The number of piperidine rings is 1. The first-order valence-corrected chi connectivity index (χ1v) is 9.76. The van der Waals surface area contributed by atoms with Gasteiger partial charge in [0.2, 0.25) is 0 Å². The van der Waals surface area contributed by atoms with Gasteiger partial charge in [-0.05, 0) is 80.5 Å². The van der Waals surface area contributed by atoms with Crippen molar-refractivity contribution in [2.45, 2.75) is 32.6 Å². The van der Waals surface area contributed by atoms with E-state index in [9.17, 15) is 0 Å². The van der Waals surface area contributed by atoms with Gasteiger partial charge in [-0.3, -0.25) is 0 Å². The minimum atomic E-state index is 0.580. The van der Waals surface area contributed by atoms with Crippen molar-refractivity contribution in [3.63, 3.8) is 0 Å². The molecule has 3 rings (SSSR count). The zero-order valence-electron chi connectivity index (χ0n) is 16.0. The van der Waals surface area contributed by atoms with Crippen molar-refractivity contribution in [2.75, 3.05) is 31.2 Å². The van der Waals surface area contributed by atoms with E-state index < -0.39 is 0 Å². The highest BCUT2D eigenvalue weighted by Gasteiger charge is 2.19. The van der Waals surface area contributed by atoms with Crippen LogP contribution in [-0.4, -0.2) is 42.7 Å². The molecule has 0 aliphatic carbocycles. The Kier molecular flexibility index (Phi) is 7.45. The minimum absolute atomic E-state index is 0.580. The molecule has 0 atom stereocenters. The standard InChI is InChI=1S/C21H28N4O2/c1-2-27-23-17-19-7-9-20(10-8-19)26-16-4-5-18-11-14-25(15-12-18)21-6-3-13-22-24-21/h3,6-10,13,17-18H,2,4-5,11-12,14-16H2,1H3. The Bertz CT molecular complexity index is 683. The number of rotatable bonds is 9. The quantitative estimate of drug-likeness (QED) is 0.381. The van der Waals surface area contributed by atoms with Crippen LogP contribution in [0.2, 0.25) is 0 Å². The maximum absolute atomic E-state index is 5.86. The van der Waals surface area contributed by atoms with Gasteiger partial charge in [0.05, 0.1) is 12.8 Å². The monoisotopic (exact) mass is 368 g/mol. The van der Waals surface area contributed by atoms with Crippen molar-refractivity contribution >= 4 is 12.0 Å². The van der Waals surface area contributed by atoms with E-state index in [0.717, 1.165) is 49.2 Å². The third-order valence-electron chi connectivity index (χ3n) is 4.81. The van der Waals surface area contributed by atoms with Crippen LogP contribution in [0.4, 0.5) is 5.82 Å². The molecule has 6 nitrogen and oxygen atoms in total. The Hall–Kier alpha value is -2.63. The van der Waals surface area contributed by atoms with Crippen LogP contribution in [0, 0.1) is 5.92 Å². The van der Waals surface area contributed by atoms with Gasteiger partial charge in [0.15, 0.2) is 5.82 Å². The summed E-state index contributed by atoms with van der Waals surface area (Å²) in [5, 5.41) is 12.0. The summed E-state index contributed by atoms with van der Waals surface area (Å²) in [6, 6.07) is 11.9. The molecule has 1 fully saturated rings. The van der Waals surface area contributed by atoms with Gasteiger partial charge in [-0.25, -0.2) is 0 Å². The second-order valence-electron chi connectivity index (χ2n) is 6.72. The maximum atomic E-state index is 5.86. The number of benzene rings is 1. The number of hydrogen-bond acceptors (Lipinski definition) is 6. The summed E-state index contributed by atoms with van der Waals surface area (Å²) >= 11 is 0. The molecule has 0 saturated carbocycles. The fourth-order valence-electron chi connectivity index (χ4n) is 3.30. The van der Waals surface area contributed by atoms with Crippen molar-refractivity contribution in [1.82, 2.24) is 10.2 Å². The highest BCUT2D eigenvalue weighted by Crippen LogP contribution is 2.24. The highest BCUT2D eigenvalue weighted by atomic mass is 16.6. The van der Waals surface area contributed by atoms with Crippen molar-refractivity contribution in [1.29, 1.82) is 0 Å². The predicted molar refractivity (Wildman–Crippen MR) is 107 cm³/mol. The second kappa shape index (κ2) is 10.5. The number of nitrogens with zero attached hydrogens (tertiary/aromatic N) is 4. The van der Waals surface area contributed by atoms with Crippen LogP contribution in [-0.2, 0) is 4.84 Å². The number of hydrogen-bond donors (Lipinski definition) is 0. The first kappa shape index (κ1) is 19.1. The first-order valence-electron chi connectivity index (χ1n) is 9.76. The van der Waals surface area contributed by atoms with E-state index in [1.165, 1.54) is 19.3 Å². The average molecular weight is 368 g/mol. The molecule has 1 aromatic heterocycles. The molecule has 27 heavy (non-hydrogen) atoms. The van der Waals surface area contributed by atoms with Gasteiger partial charge in [-0.1, -0.05) is 5.16 Å². The van der Waals surface area contributed by atoms with E-state index in [-0.39, 0.29) is 0 Å². The number of anilines is 1. The lowest BCUT2D eigenvalue weighted by Crippen LogP contribution is -2.34.